The fourth-order valence-corrected chi connectivity index (χ4v) is 2.21. The van der Waals surface area contributed by atoms with E-state index in [0.717, 1.165) is 5.56 Å². The van der Waals surface area contributed by atoms with Gasteiger partial charge in [0, 0.05) is 0 Å². The molecule has 0 aliphatic carbocycles. The molecule has 5 nitrogen and oxygen atoms in total. The second-order valence-electron chi connectivity index (χ2n) is 4.66. The predicted octanol–water partition coefficient (Wildman–Crippen LogP) is 3.03. The maximum absolute atomic E-state index is 12.3. The molecular formula is C17H14O5. The molecule has 0 amide bonds. The van der Waals surface area contributed by atoms with Crippen LogP contribution in [0.4, 0.5) is 0 Å². The molecule has 0 saturated heterocycles. The number of ether oxygens (including phenoxy) is 3. The van der Waals surface area contributed by atoms with Gasteiger partial charge in [0.1, 0.15) is 17.1 Å². The predicted molar refractivity (Wildman–Crippen MR) is 80.6 cm³/mol. The lowest BCUT2D eigenvalue weighted by Gasteiger charge is -2.07. The number of phenolic OH excluding ortho intramolecular Hbond substituents is 1. The van der Waals surface area contributed by atoms with Crippen LogP contribution in [0.5, 0.6) is 23.0 Å². The van der Waals surface area contributed by atoms with Crippen LogP contribution < -0.4 is 14.2 Å². The number of carbonyl (C=O) groups excluding carboxylic acids is 1. The maximum atomic E-state index is 12.3. The number of hydrogen-bond acceptors (Lipinski definition) is 5. The Morgan fingerprint density at radius 2 is 2.05 bits per heavy atom. The van der Waals surface area contributed by atoms with Crippen LogP contribution in [0.25, 0.3) is 6.08 Å². The third-order valence-corrected chi connectivity index (χ3v) is 3.29. The third-order valence-electron chi connectivity index (χ3n) is 3.29. The van der Waals surface area contributed by atoms with Crippen molar-refractivity contribution in [2.24, 2.45) is 0 Å². The third kappa shape index (κ3) is 2.61. The van der Waals surface area contributed by atoms with E-state index in [-0.39, 0.29) is 23.9 Å². The summed E-state index contributed by atoms with van der Waals surface area (Å²) in [4.78, 5) is 12.3. The van der Waals surface area contributed by atoms with Gasteiger partial charge in [-0.15, -0.1) is 0 Å². The molecule has 0 spiro atoms. The molecule has 2 aromatic carbocycles. The van der Waals surface area contributed by atoms with Gasteiger partial charge in [-0.3, -0.25) is 4.79 Å². The average molecular weight is 298 g/mol. The highest BCUT2D eigenvalue weighted by Crippen LogP contribution is 2.33. The van der Waals surface area contributed by atoms with E-state index >= 15 is 0 Å². The summed E-state index contributed by atoms with van der Waals surface area (Å²) >= 11 is 0. The summed E-state index contributed by atoms with van der Waals surface area (Å²) in [5, 5.41) is 9.85. The van der Waals surface area contributed by atoms with Crippen LogP contribution in [-0.2, 0) is 0 Å². The zero-order valence-corrected chi connectivity index (χ0v) is 11.9. The van der Waals surface area contributed by atoms with Crippen molar-refractivity contribution < 1.29 is 24.1 Å². The maximum Gasteiger partial charge on any atom is 0.231 e. The van der Waals surface area contributed by atoms with Crippen LogP contribution in [0.1, 0.15) is 15.9 Å². The minimum absolute atomic E-state index is 0.111. The second-order valence-corrected chi connectivity index (χ2v) is 4.66. The number of carbonyl (C=O) groups is 1. The van der Waals surface area contributed by atoms with Gasteiger partial charge in [-0.05, 0) is 35.9 Å². The number of methoxy groups -OCH3 is 1. The molecule has 22 heavy (non-hydrogen) atoms. The molecule has 1 N–H and O–H groups in total. The number of fused-ring (bicyclic) bond motifs is 1. The smallest absolute Gasteiger partial charge is 0.231 e. The van der Waals surface area contributed by atoms with E-state index in [2.05, 4.69) is 0 Å². The van der Waals surface area contributed by atoms with Gasteiger partial charge in [0.2, 0.25) is 6.79 Å². The Balaban J connectivity index is 1.85. The van der Waals surface area contributed by atoms with E-state index in [1.165, 1.54) is 19.3 Å². The van der Waals surface area contributed by atoms with Crippen LogP contribution >= 0.6 is 0 Å². The van der Waals surface area contributed by atoms with Gasteiger partial charge in [-0.25, -0.2) is 0 Å². The summed E-state index contributed by atoms with van der Waals surface area (Å²) in [6, 6.07) is 10.1. The number of allylic oxidation sites excluding steroid dienone is 1. The normalized spacial score (nSPS) is 12.6. The van der Waals surface area contributed by atoms with Gasteiger partial charge >= 0.3 is 0 Å². The van der Waals surface area contributed by atoms with E-state index in [1.54, 1.807) is 30.3 Å². The second kappa shape index (κ2) is 5.81. The highest BCUT2D eigenvalue weighted by Gasteiger charge is 2.15. The average Bonchev–Trinajstić information content (AvgIpc) is 2.99. The van der Waals surface area contributed by atoms with Crippen molar-refractivity contribution in [1.29, 1.82) is 0 Å². The van der Waals surface area contributed by atoms with Gasteiger partial charge in [0.15, 0.2) is 17.3 Å². The van der Waals surface area contributed by atoms with Crippen LogP contribution in [0, 0.1) is 0 Å². The van der Waals surface area contributed by atoms with Crippen molar-refractivity contribution in [3.05, 3.63) is 53.6 Å². The molecule has 0 bridgehead atoms. The Morgan fingerprint density at radius 3 is 2.86 bits per heavy atom. The van der Waals surface area contributed by atoms with Crippen molar-refractivity contribution in [2.45, 2.75) is 0 Å². The van der Waals surface area contributed by atoms with E-state index in [1.807, 2.05) is 6.07 Å². The molecule has 0 radical (unpaired) electrons. The quantitative estimate of drug-likeness (QED) is 0.694. The van der Waals surface area contributed by atoms with Crippen molar-refractivity contribution in [3.63, 3.8) is 0 Å². The van der Waals surface area contributed by atoms with Crippen LogP contribution in [0.15, 0.2) is 42.5 Å². The lowest BCUT2D eigenvalue weighted by molar-refractivity contribution is 0.104. The number of aromatic hydroxyl groups is 1. The Hall–Kier alpha value is -2.95. The highest BCUT2D eigenvalue weighted by atomic mass is 16.7. The number of phenols is 1. The molecule has 2 aromatic rings. The summed E-state index contributed by atoms with van der Waals surface area (Å²) in [6.45, 7) is 0.205. The molecule has 0 unspecified atom stereocenters. The summed E-state index contributed by atoms with van der Waals surface area (Å²) in [5.74, 6) is 1.22. The van der Waals surface area contributed by atoms with Gasteiger partial charge in [0.05, 0.1) is 7.11 Å². The molecule has 3 rings (SSSR count). The Bertz CT molecular complexity index is 749. The highest BCUT2D eigenvalue weighted by molar-refractivity contribution is 6.10. The van der Waals surface area contributed by atoms with Crippen molar-refractivity contribution in [1.82, 2.24) is 0 Å². The standard InChI is InChI=1S/C17H14O5/c1-20-15-4-2-3-12(18)17(15)13(19)7-5-11-6-8-14-16(9-11)22-10-21-14/h2-9,18H,10H2,1H3/b7-5+. The molecule has 0 fully saturated rings. The first kappa shape index (κ1) is 14.0. The Morgan fingerprint density at radius 1 is 1.23 bits per heavy atom. The zero-order valence-electron chi connectivity index (χ0n) is 11.9. The van der Waals surface area contributed by atoms with E-state index in [0.29, 0.717) is 17.2 Å². The number of rotatable bonds is 4. The first-order valence-electron chi connectivity index (χ1n) is 6.67. The first-order chi connectivity index (χ1) is 10.7. The molecule has 112 valence electrons. The van der Waals surface area contributed by atoms with Crippen LogP contribution in [-0.4, -0.2) is 24.8 Å². The Kier molecular flexibility index (Phi) is 3.70. The molecule has 0 atom stereocenters. The summed E-state index contributed by atoms with van der Waals surface area (Å²) in [5.41, 5.74) is 0.939. The molecule has 0 saturated carbocycles. The SMILES string of the molecule is COc1cccc(O)c1C(=O)/C=C/c1ccc2c(c1)OCO2. The monoisotopic (exact) mass is 298 g/mol. The summed E-state index contributed by atoms with van der Waals surface area (Å²) < 4.78 is 15.6. The van der Waals surface area contributed by atoms with E-state index in [4.69, 9.17) is 14.2 Å². The topological polar surface area (TPSA) is 65.0 Å². The molecule has 1 heterocycles. The molecule has 0 aromatic heterocycles. The summed E-state index contributed by atoms with van der Waals surface area (Å²) in [7, 11) is 1.45. The fourth-order valence-electron chi connectivity index (χ4n) is 2.21. The van der Waals surface area contributed by atoms with Crippen LogP contribution in [0.3, 0.4) is 0 Å². The lowest BCUT2D eigenvalue weighted by Crippen LogP contribution is -1.99. The molecule has 5 heteroatoms. The Labute approximate surface area is 127 Å². The molecule has 1 aliphatic rings. The van der Waals surface area contributed by atoms with Crippen molar-refractivity contribution >= 4 is 11.9 Å². The van der Waals surface area contributed by atoms with Gasteiger partial charge in [0.25, 0.3) is 0 Å². The number of hydrogen-bond donors (Lipinski definition) is 1. The number of benzene rings is 2. The van der Waals surface area contributed by atoms with E-state index < -0.39 is 0 Å². The minimum atomic E-state index is -0.340. The zero-order chi connectivity index (χ0) is 15.5. The number of ketones is 1. The van der Waals surface area contributed by atoms with Crippen molar-refractivity contribution in [2.75, 3.05) is 13.9 Å². The van der Waals surface area contributed by atoms with Gasteiger partial charge < -0.3 is 19.3 Å². The van der Waals surface area contributed by atoms with Crippen LogP contribution in [0.2, 0.25) is 0 Å². The largest absolute Gasteiger partial charge is 0.507 e. The van der Waals surface area contributed by atoms with Crippen molar-refractivity contribution in [3.8, 4) is 23.0 Å². The lowest BCUT2D eigenvalue weighted by atomic mass is 10.1. The minimum Gasteiger partial charge on any atom is -0.507 e. The van der Waals surface area contributed by atoms with E-state index in [9.17, 15) is 9.90 Å². The molecule has 1 aliphatic heterocycles. The summed E-state index contributed by atoms with van der Waals surface area (Å²) in [6.07, 6.45) is 3.03. The van der Waals surface area contributed by atoms with Gasteiger partial charge in [-0.2, -0.15) is 0 Å². The van der Waals surface area contributed by atoms with Gasteiger partial charge in [-0.1, -0.05) is 18.2 Å². The fraction of sp³-hybridized carbons (Fsp3) is 0.118. The molecular weight excluding hydrogens is 284 g/mol. The first-order valence-corrected chi connectivity index (χ1v) is 6.67.